The summed E-state index contributed by atoms with van der Waals surface area (Å²) in [5.41, 5.74) is 0. The molecular formula is C10H24BLiO2. The first kappa shape index (κ1) is 19.7. The summed E-state index contributed by atoms with van der Waals surface area (Å²) in [4.78, 5) is 10.7. The summed E-state index contributed by atoms with van der Waals surface area (Å²) in [6.07, 6.45) is 7.88. The van der Waals surface area contributed by atoms with Gasteiger partial charge in [-0.15, -0.1) is 0 Å². The third-order valence-electron chi connectivity index (χ3n) is 1.96. The molecule has 0 aromatic heterocycles. The number of hydrogen-bond acceptors (Lipinski definition) is 2. The number of carbonyl (C=O) groups excluding carboxylic acids is 1. The fraction of sp³-hybridized carbons (Fsp3) is 0.900. The predicted molar refractivity (Wildman–Crippen MR) is 61.3 cm³/mol. The Balaban J connectivity index is -0.000000605. The van der Waals surface area contributed by atoms with Crippen LogP contribution >= 0.6 is 0 Å². The number of ether oxygens (including phenoxy) is 1. The van der Waals surface area contributed by atoms with E-state index in [1.807, 2.05) is 0 Å². The van der Waals surface area contributed by atoms with E-state index in [-0.39, 0.29) is 33.2 Å². The first-order valence-corrected chi connectivity index (χ1v) is 4.88. The van der Waals surface area contributed by atoms with Crippen LogP contribution in [0.2, 0.25) is 0 Å². The van der Waals surface area contributed by atoms with E-state index in [9.17, 15) is 4.79 Å². The van der Waals surface area contributed by atoms with Gasteiger partial charge in [0.1, 0.15) is 0 Å². The van der Waals surface area contributed by atoms with Crippen molar-refractivity contribution in [2.24, 2.45) is 0 Å². The second-order valence-corrected chi connectivity index (χ2v) is 3.09. The van der Waals surface area contributed by atoms with Gasteiger partial charge in [0.2, 0.25) is 0 Å². The van der Waals surface area contributed by atoms with E-state index in [0.29, 0.717) is 6.42 Å². The minimum atomic E-state index is -0.0782. The average Bonchev–Trinajstić information content (AvgIpc) is 2.10. The molecule has 0 aliphatic rings. The van der Waals surface area contributed by atoms with Gasteiger partial charge in [-0.3, -0.25) is 4.79 Å². The monoisotopic (exact) mass is 194 g/mol. The zero-order valence-electron chi connectivity index (χ0n) is 9.27. The minimum absolute atomic E-state index is 0. The number of unbranched alkanes of at least 4 members (excludes halogenated alkanes) is 5. The van der Waals surface area contributed by atoms with Crippen molar-refractivity contribution >= 4 is 14.4 Å². The molecule has 0 atom stereocenters. The SMILES string of the molecule is CCCCCCCCC(=O)OC.[BH4-].[Li+]. The van der Waals surface area contributed by atoms with Gasteiger partial charge in [0.15, 0.2) is 0 Å². The minimum Gasteiger partial charge on any atom is -0.469 e. The summed E-state index contributed by atoms with van der Waals surface area (Å²) in [6, 6.07) is 0. The van der Waals surface area contributed by atoms with Gasteiger partial charge in [-0.25, -0.2) is 0 Å². The van der Waals surface area contributed by atoms with Gasteiger partial charge in [-0.05, 0) is 6.42 Å². The molecule has 0 aliphatic carbocycles. The Kier molecular flexibility index (Phi) is 21.9. The normalized spacial score (nSPS) is 8.43. The molecule has 4 heteroatoms. The molecule has 0 heterocycles. The maximum absolute atomic E-state index is 10.7. The second-order valence-electron chi connectivity index (χ2n) is 3.09. The van der Waals surface area contributed by atoms with E-state index < -0.39 is 0 Å². The Morgan fingerprint density at radius 1 is 1.07 bits per heavy atom. The number of carbonyl (C=O) groups is 1. The summed E-state index contributed by atoms with van der Waals surface area (Å²) < 4.78 is 4.54. The van der Waals surface area contributed by atoms with E-state index >= 15 is 0 Å². The molecule has 0 saturated heterocycles. The Morgan fingerprint density at radius 2 is 1.57 bits per heavy atom. The van der Waals surface area contributed by atoms with Crippen LogP contribution in [0, 0.1) is 0 Å². The quantitative estimate of drug-likeness (QED) is 0.279. The molecule has 0 saturated carbocycles. The first-order chi connectivity index (χ1) is 5.81. The average molecular weight is 194 g/mol. The van der Waals surface area contributed by atoms with Gasteiger partial charge >= 0.3 is 24.8 Å². The molecule has 0 spiro atoms. The van der Waals surface area contributed by atoms with Crippen LogP contribution in [0.3, 0.4) is 0 Å². The van der Waals surface area contributed by atoms with Crippen LogP contribution in [-0.2, 0) is 9.53 Å². The zero-order valence-corrected chi connectivity index (χ0v) is 9.27. The number of methoxy groups -OCH3 is 1. The number of esters is 1. The third-order valence-corrected chi connectivity index (χ3v) is 1.96. The van der Waals surface area contributed by atoms with Gasteiger partial charge in [0, 0.05) is 6.42 Å². The summed E-state index contributed by atoms with van der Waals surface area (Å²) in [6.45, 7) is 2.20. The topological polar surface area (TPSA) is 26.3 Å². The molecule has 14 heavy (non-hydrogen) atoms. The van der Waals surface area contributed by atoms with Gasteiger partial charge in [-0.1, -0.05) is 47.4 Å². The van der Waals surface area contributed by atoms with E-state index in [0.717, 1.165) is 12.8 Å². The fourth-order valence-corrected chi connectivity index (χ4v) is 1.15. The molecule has 0 aromatic carbocycles. The Bertz CT molecular complexity index is 121. The number of rotatable bonds is 7. The smallest absolute Gasteiger partial charge is 0.469 e. The molecule has 2 nitrogen and oxygen atoms in total. The van der Waals surface area contributed by atoms with Crippen molar-refractivity contribution in [2.45, 2.75) is 51.9 Å². The molecule has 0 aliphatic heterocycles. The van der Waals surface area contributed by atoms with Gasteiger partial charge < -0.3 is 4.74 Å². The van der Waals surface area contributed by atoms with Crippen molar-refractivity contribution in [1.29, 1.82) is 0 Å². The molecule has 80 valence electrons. The van der Waals surface area contributed by atoms with E-state index in [1.54, 1.807) is 0 Å². The molecule has 0 aromatic rings. The van der Waals surface area contributed by atoms with Crippen LogP contribution in [0.1, 0.15) is 51.9 Å². The molecular weight excluding hydrogens is 170 g/mol. The van der Waals surface area contributed by atoms with Crippen molar-refractivity contribution in [3.05, 3.63) is 0 Å². The van der Waals surface area contributed by atoms with Crippen LogP contribution in [0.5, 0.6) is 0 Å². The summed E-state index contributed by atoms with van der Waals surface area (Å²) in [5, 5.41) is 0. The number of hydrogen-bond donors (Lipinski definition) is 0. The van der Waals surface area contributed by atoms with E-state index in [2.05, 4.69) is 11.7 Å². The maximum Gasteiger partial charge on any atom is 1.00 e. The van der Waals surface area contributed by atoms with Gasteiger partial charge in [0.05, 0.1) is 7.11 Å². The predicted octanol–water partition coefficient (Wildman–Crippen LogP) is -1.54. The molecule has 0 radical (unpaired) electrons. The van der Waals surface area contributed by atoms with Gasteiger partial charge in [-0.2, -0.15) is 0 Å². The van der Waals surface area contributed by atoms with Crippen molar-refractivity contribution < 1.29 is 28.4 Å². The van der Waals surface area contributed by atoms with Crippen molar-refractivity contribution in [1.82, 2.24) is 0 Å². The molecule has 0 bridgehead atoms. The fourth-order valence-electron chi connectivity index (χ4n) is 1.15. The van der Waals surface area contributed by atoms with Gasteiger partial charge in [0.25, 0.3) is 0 Å². The van der Waals surface area contributed by atoms with Crippen molar-refractivity contribution in [3.63, 3.8) is 0 Å². The van der Waals surface area contributed by atoms with Crippen LogP contribution in [0.15, 0.2) is 0 Å². The van der Waals surface area contributed by atoms with Crippen LogP contribution in [0.4, 0.5) is 0 Å². The third kappa shape index (κ3) is 14.6. The molecule has 0 unspecified atom stereocenters. The largest absolute Gasteiger partial charge is 1.00 e. The van der Waals surface area contributed by atoms with E-state index in [1.165, 1.54) is 32.8 Å². The maximum atomic E-state index is 10.7. The first-order valence-electron chi connectivity index (χ1n) is 4.88. The zero-order chi connectivity index (χ0) is 9.23. The molecule has 0 amide bonds. The summed E-state index contributed by atoms with van der Waals surface area (Å²) in [7, 11) is 1.44. The summed E-state index contributed by atoms with van der Waals surface area (Å²) >= 11 is 0. The van der Waals surface area contributed by atoms with Crippen LogP contribution in [-0.4, -0.2) is 21.5 Å². The van der Waals surface area contributed by atoms with Crippen LogP contribution in [0.25, 0.3) is 0 Å². The molecule has 0 rings (SSSR count). The summed E-state index contributed by atoms with van der Waals surface area (Å²) in [5.74, 6) is -0.0782. The standard InChI is InChI=1S/C10H20O2.BH4.Li/c1-3-4-5-6-7-8-9-10(11)12-2;;/h3-9H2,1-2H3;1H4;/q;-1;+1. The van der Waals surface area contributed by atoms with Crippen LogP contribution < -0.4 is 18.9 Å². The molecule has 0 N–H and O–H groups in total. The molecule has 0 fully saturated rings. The van der Waals surface area contributed by atoms with Crippen molar-refractivity contribution in [2.75, 3.05) is 7.11 Å². The second kappa shape index (κ2) is 15.6. The Labute approximate surface area is 102 Å². The van der Waals surface area contributed by atoms with E-state index in [4.69, 9.17) is 0 Å². The Morgan fingerprint density at radius 3 is 2.07 bits per heavy atom. The van der Waals surface area contributed by atoms with Crippen molar-refractivity contribution in [3.8, 4) is 0 Å². The Hall–Kier alpha value is 0.132.